The first-order valence-corrected chi connectivity index (χ1v) is 12.7. The predicted molar refractivity (Wildman–Crippen MR) is 144 cm³/mol. The molecule has 3 rings (SSSR count). The summed E-state index contributed by atoms with van der Waals surface area (Å²) >= 11 is 0. The lowest BCUT2D eigenvalue weighted by atomic mass is 9.77. The van der Waals surface area contributed by atoms with Crippen LogP contribution in [0.15, 0.2) is 59.7 Å². The maximum atomic E-state index is 13.5. The van der Waals surface area contributed by atoms with Crippen LogP contribution in [-0.2, 0) is 11.4 Å². The molecule has 1 aliphatic carbocycles. The molecule has 0 radical (unpaired) electrons. The Morgan fingerprint density at radius 1 is 1.09 bits per heavy atom. The molecule has 2 atom stereocenters. The molecule has 0 saturated carbocycles. The van der Waals surface area contributed by atoms with Crippen LogP contribution in [0.2, 0.25) is 0 Å². The third-order valence-electron chi connectivity index (χ3n) is 6.55. The van der Waals surface area contributed by atoms with Crippen LogP contribution in [0.5, 0.6) is 5.75 Å². The molecule has 2 nitrogen and oxygen atoms in total. The lowest BCUT2D eigenvalue weighted by Gasteiger charge is -2.28. The Kier molecular flexibility index (Phi) is 8.23. The predicted octanol–water partition coefficient (Wildman–Crippen LogP) is 8.65. The van der Waals surface area contributed by atoms with Crippen molar-refractivity contribution in [2.75, 3.05) is 0 Å². The van der Waals surface area contributed by atoms with Crippen molar-refractivity contribution in [2.24, 2.45) is 17.3 Å². The largest absolute Gasteiger partial charge is 0.488 e. The first kappa shape index (κ1) is 26.0. The summed E-state index contributed by atoms with van der Waals surface area (Å²) in [5.74, 6) is 1.56. The third-order valence-corrected chi connectivity index (χ3v) is 6.55. The first-order chi connectivity index (χ1) is 15.9. The van der Waals surface area contributed by atoms with Crippen LogP contribution in [0.1, 0.15) is 83.1 Å². The summed E-state index contributed by atoms with van der Waals surface area (Å²) in [5, 5.41) is 0. The van der Waals surface area contributed by atoms with E-state index in [-0.39, 0.29) is 17.1 Å². The van der Waals surface area contributed by atoms with Gasteiger partial charge < -0.3 is 4.74 Å². The fourth-order valence-corrected chi connectivity index (χ4v) is 5.42. The number of ether oxygens (including phenoxy) is 1. The second kappa shape index (κ2) is 10.8. The summed E-state index contributed by atoms with van der Waals surface area (Å²) in [6, 6.07) is 14.7. The van der Waals surface area contributed by atoms with Crippen molar-refractivity contribution in [3.63, 3.8) is 0 Å². The van der Waals surface area contributed by atoms with E-state index >= 15 is 0 Å². The number of benzene rings is 2. The van der Waals surface area contributed by atoms with Gasteiger partial charge in [-0.2, -0.15) is 0 Å². The van der Waals surface area contributed by atoms with Crippen LogP contribution in [0.4, 0.5) is 0 Å². The number of allylic oxidation sites excluding steroid dienone is 4. The Morgan fingerprint density at radius 2 is 1.76 bits per heavy atom. The van der Waals surface area contributed by atoms with Gasteiger partial charge in [-0.25, -0.2) is 0 Å². The lowest BCUT2D eigenvalue weighted by molar-refractivity contribution is -0.117. The summed E-state index contributed by atoms with van der Waals surface area (Å²) in [4.78, 5) is 13.5. The van der Waals surface area contributed by atoms with Gasteiger partial charge in [0.15, 0.2) is 5.78 Å². The molecule has 0 fully saturated rings. The minimum absolute atomic E-state index is 0.0729. The van der Waals surface area contributed by atoms with Crippen molar-refractivity contribution in [3.05, 3.63) is 81.9 Å². The number of hydrogen-bond donors (Lipinski definition) is 0. The van der Waals surface area contributed by atoms with Crippen molar-refractivity contribution in [1.29, 1.82) is 0 Å². The van der Waals surface area contributed by atoms with Gasteiger partial charge in [0.05, 0.1) is 0 Å². The minimum atomic E-state index is -0.0729. The molecule has 0 aliphatic heterocycles. The van der Waals surface area contributed by atoms with Gasteiger partial charge >= 0.3 is 0 Å². The summed E-state index contributed by atoms with van der Waals surface area (Å²) < 4.78 is 6.49. The molecule has 2 aromatic rings. The summed E-state index contributed by atoms with van der Waals surface area (Å²) in [7, 11) is 0. The Balaban J connectivity index is 2.12. The van der Waals surface area contributed by atoms with E-state index in [2.05, 4.69) is 78.8 Å². The maximum Gasteiger partial charge on any atom is 0.166 e. The number of Topliss-reactive ketones (excluding diaryl/α,β-unsaturated/α-hetero) is 1. The highest BCUT2D eigenvalue weighted by Gasteiger charge is 2.28. The van der Waals surface area contributed by atoms with Crippen molar-refractivity contribution in [3.8, 4) is 5.75 Å². The fourth-order valence-electron chi connectivity index (χ4n) is 5.42. The van der Waals surface area contributed by atoms with Crippen LogP contribution in [0.25, 0.3) is 5.57 Å². The molecule has 182 valence electrons. The topological polar surface area (TPSA) is 26.3 Å². The van der Waals surface area contributed by atoms with Gasteiger partial charge in [-0.05, 0) is 79.7 Å². The van der Waals surface area contributed by atoms with Gasteiger partial charge in [0, 0.05) is 17.1 Å². The fraction of sp³-hybridized carbons (Fsp3) is 0.469. The molecule has 34 heavy (non-hydrogen) atoms. The average Bonchev–Trinajstić information content (AvgIpc) is 2.73. The molecule has 2 aromatic carbocycles. The van der Waals surface area contributed by atoms with Gasteiger partial charge in [-0.1, -0.05) is 82.7 Å². The number of carbonyl (C=O) groups is 1. The van der Waals surface area contributed by atoms with Gasteiger partial charge in [-0.3, -0.25) is 4.79 Å². The Hall–Kier alpha value is -2.61. The average molecular weight is 459 g/mol. The summed E-state index contributed by atoms with van der Waals surface area (Å²) in [5.41, 5.74) is 8.23. The van der Waals surface area contributed by atoms with Crippen molar-refractivity contribution in [1.82, 2.24) is 0 Å². The molecule has 0 amide bonds. The monoisotopic (exact) mass is 458 g/mol. The quantitative estimate of drug-likeness (QED) is 0.306. The molecule has 0 heterocycles. The van der Waals surface area contributed by atoms with E-state index in [9.17, 15) is 4.79 Å². The van der Waals surface area contributed by atoms with E-state index in [0.717, 1.165) is 47.3 Å². The second-order valence-electron chi connectivity index (χ2n) is 11.6. The van der Waals surface area contributed by atoms with E-state index < -0.39 is 0 Å². The van der Waals surface area contributed by atoms with E-state index in [1.807, 2.05) is 25.1 Å². The van der Waals surface area contributed by atoms with Crippen LogP contribution in [0, 0.1) is 31.1 Å². The highest BCUT2D eigenvalue weighted by atomic mass is 16.5. The van der Waals surface area contributed by atoms with Crippen LogP contribution < -0.4 is 4.74 Å². The number of rotatable bonds is 7. The number of carbonyl (C=O) groups excluding carboxylic acids is 1. The van der Waals surface area contributed by atoms with Gasteiger partial charge in [0.1, 0.15) is 12.4 Å². The summed E-state index contributed by atoms with van der Waals surface area (Å²) in [6.45, 7) is 18.1. The standard InChI is InChI=1S/C32H42O2/c1-21-14-24(4)30(33)28(16-21)27(18-23(3)19-32(6,7)8)29-17-22(2)15-25(5)31(29)34-20-26-12-10-9-11-13-26/h9-15,17,23-24H,16,18-20H2,1-8H3. The van der Waals surface area contributed by atoms with Gasteiger partial charge in [0.2, 0.25) is 0 Å². The summed E-state index contributed by atoms with van der Waals surface area (Å²) in [6.07, 6.45) is 4.83. The molecule has 1 aliphatic rings. The maximum absolute atomic E-state index is 13.5. The molecular formula is C32H42O2. The molecular weight excluding hydrogens is 416 g/mol. The number of ketones is 1. The number of aryl methyl sites for hydroxylation is 2. The molecule has 0 bridgehead atoms. The van der Waals surface area contributed by atoms with E-state index in [1.165, 1.54) is 16.7 Å². The molecule has 2 unspecified atom stereocenters. The molecule has 2 heteroatoms. The molecule has 0 N–H and O–H groups in total. The van der Waals surface area contributed by atoms with Crippen LogP contribution >= 0.6 is 0 Å². The second-order valence-corrected chi connectivity index (χ2v) is 11.6. The Morgan fingerprint density at radius 3 is 2.41 bits per heavy atom. The van der Waals surface area contributed by atoms with Gasteiger partial charge in [0.25, 0.3) is 0 Å². The highest BCUT2D eigenvalue weighted by Crippen LogP contribution is 2.42. The molecule has 0 aromatic heterocycles. The third kappa shape index (κ3) is 6.72. The Labute approximate surface area is 207 Å². The smallest absolute Gasteiger partial charge is 0.166 e. The molecule has 0 spiro atoms. The minimum Gasteiger partial charge on any atom is -0.488 e. The van der Waals surface area contributed by atoms with Crippen LogP contribution in [-0.4, -0.2) is 5.78 Å². The van der Waals surface area contributed by atoms with Crippen molar-refractivity contribution >= 4 is 11.4 Å². The molecule has 0 saturated heterocycles. The van der Waals surface area contributed by atoms with Crippen molar-refractivity contribution < 1.29 is 9.53 Å². The number of hydrogen-bond acceptors (Lipinski definition) is 2. The highest BCUT2D eigenvalue weighted by molar-refractivity contribution is 6.06. The lowest BCUT2D eigenvalue weighted by Crippen LogP contribution is -2.20. The van der Waals surface area contributed by atoms with E-state index in [0.29, 0.717) is 12.5 Å². The van der Waals surface area contributed by atoms with Crippen molar-refractivity contribution in [2.45, 2.75) is 81.3 Å². The Bertz CT molecular complexity index is 1080. The zero-order valence-electron chi connectivity index (χ0n) is 22.4. The van der Waals surface area contributed by atoms with E-state index in [4.69, 9.17) is 4.74 Å². The first-order valence-electron chi connectivity index (χ1n) is 12.7. The zero-order valence-corrected chi connectivity index (χ0v) is 22.4. The SMILES string of the molecule is CC1=CC(C)C(=O)C(=C(CC(C)CC(C)(C)C)c2cc(C)cc(C)c2OCc2ccccc2)C1. The van der Waals surface area contributed by atoms with E-state index in [1.54, 1.807) is 0 Å². The van der Waals surface area contributed by atoms with Crippen LogP contribution in [0.3, 0.4) is 0 Å². The zero-order chi connectivity index (χ0) is 25.0. The normalized spacial score (nSPS) is 19.0. The van der Waals surface area contributed by atoms with Gasteiger partial charge in [-0.15, -0.1) is 0 Å².